The molecule has 2 heterocycles. The smallest absolute Gasteiger partial charge is 0.302 e. The molecule has 0 amide bonds. The van der Waals surface area contributed by atoms with Crippen molar-refractivity contribution in [1.82, 2.24) is 9.88 Å². The van der Waals surface area contributed by atoms with Crippen molar-refractivity contribution in [3.05, 3.63) is 23.9 Å². The molecule has 0 fully saturated rings. The fourth-order valence-electron chi connectivity index (χ4n) is 1.30. The summed E-state index contributed by atoms with van der Waals surface area (Å²) in [6.45, 7) is 0. The molecule has 0 atom stereocenters. The van der Waals surface area contributed by atoms with Gasteiger partial charge in [0.2, 0.25) is 0 Å². The molecule has 0 radical (unpaired) electrons. The Morgan fingerprint density at radius 3 is 2.71 bits per heavy atom. The molecule has 0 N–H and O–H groups in total. The highest BCUT2D eigenvalue weighted by Gasteiger charge is 2.30. The lowest BCUT2D eigenvalue weighted by Gasteiger charge is -2.10. The van der Waals surface area contributed by atoms with Crippen LogP contribution in [-0.2, 0) is 10.0 Å². The Bertz CT molecular complexity index is 505. The van der Waals surface area contributed by atoms with Gasteiger partial charge >= 0.3 is 10.0 Å². The summed E-state index contributed by atoms with van der Waals surface area (Å²) >= 11 is 0. The molecule has 6 heteroatoms. The van der Waals surface area contributed by atoms with Crippen LogP contribution < -0.4 is 0 Å². The van der Waals surface area contributed by atoms with E-state index < -0.39 is 10.0 Å². The lowest BCUT2D eigenvalue weighted by molar-refractivity contribution is 0.595. The summed E-state index contributed by atoms with van der Waals surface area (Å²) in [6.07, 6.45) is 1.45. The van der Waals surface area contributed by atoms with Crippen LogP contribution in [0.15, 0.2) is 27.8 Å². The van der Waals surface area contributed by atoms with E-state index in [4.69, 9.17) is 0 Å². The average molecular weight is 211 g/mol. The van der Waals surface area contributed by atoms with Crippen molar-refractivity contribution in [2.45, 2.75) is 5.03 Å². The molecule has 0 spiro atoms. The van der Waals surface area contributed by atoms with E-state index in [9.17, 15) is 8.42 Å². The Labute approximate surface area is 82.2 Å². The second-order valence-corrected chi connectivity index (χ2v) is 4.66. The molecular formula is C8H9N3O2S. The number of aromatic nitrogens is 1. The highest BCUT2D eigenvalue weighted by Crippen LogP contribution is 2.23. The van der Waals surface area contributed by atoms with Gasteiger partial charge in [0.25, 0.3) is 0 Å². The van der Waals surface area contributed by atoms with Crippen molar-refractivity contribution < 1.29 is 8.42 Å². The number of sulfonamides is 1. The van der Waals surface area contributed by atoms with E-state index in [2.05, 4.69) is 9.38 Å². The van der Waals surface area contributed by atoms with E-state index in [1.54, 1.807) is 31.1 Å². The first-order valence-corrected chi connectivity index (χ1v) is 5.44. The molecule has 1 aromatic rings. The second-order valence-electron chi connectivity index (χ2n) is 3.14. The predicted octanol–water partition coefficient (Wildman–Crippen LogP) is 0.0921. The van der Waals surface area contributed by atoms with Crippen LogP contribution in [0.5, 0.6) is 0 Å². The number of hydrogen-bond donors (Lipinski definition) is 0. The third-order valence-electron chi connectivity index (χ3n) is 1.89. The number of fused-ring (bicyclic) bond motifs is 1. The molecule has 74 valence electrons. The number of pyridine rings is 1. The van der Waals surface area contributed by atoms with Crippen LogP contribution in [0, 0.1) is 0 Å². The van der Waals surface area contributed by atoms with E-state index in [0.717, 1.165) is 0 Å². The minimum Gasteiger partial charge on any atom is -0.361 e. The van der Waals surface area contributed by atoms with Crippen LogP contribution in [0.2, 0.25) is 0 Å². The van der Waals surface area contributed by atoms with Gasteiger partial charge in [0.05, 0.1) is 5.56 Å². The topological polar surface area (TPSA) is 62.6 Å². The van der Waals surface area contributed by atoms with Crippen LogP contribution in [0.4, 0.5) is 0 Å². The van der Waals surface area contributed by atoms with Gasteiger partial charge in [-0.2, -0.15) is 8.42 Å². The van der Waals surface area contributed by atoms with Gasteiger partial charge in [-0.3, -0.25) is 0 Å². The summed E-state index contributed by atoms with van der Waals surface area (Å²) in [7, 11) is -0.0716. The van der Waals surface area contributed by atoms with Gasteiger partial charge in [0, 0.05) is 20.3 Å². The molecule has 0 aliphatic carbocycles. The molecule has 0 saturated heterocycles. The predicted molar refractivity (Wildman–Crippen MR) is 51.6 cm³/mol. The van der Waals surface area contributed by atoms with E-state index >= 15 is 0 Å². The molecule has 1 aliphatic heterocycles. The van der Waals surface area contributed by atoms with Crippen LogP contribution in [-0.4, -0.2) is 38.2 Å². The van der Waals surface area contributed by atoms with E-state index in [-0.39, 0.29) is 5.03 Å². The Balaban J connectivity index is 2.73. The van der Waals surface area contributed by atoms with Gasteiger partial charge in [0.1, 0.15) is 0 Å². The summed E-state index contributed by atoms with van der Waals surface area (Å²) in [5.41, 5.74) is 0.567. The number of amidine groups is 1. The molecule has 0 unspecified atom stereocenters. The molecule has 14 heavy (non-hydrogen) atoms. The molecule has 0 aromatic carbocycles. The zero-order valence-corrected chi connectivity index (χ0v) is 8.61. The van der Waals surface area contributed by atoms with Crippen molar-refractivity contribution in [3.63, 3.8) is 0 Å². The minimum atomic E-state index is -3.56. The molecule has 5 nitrogen and oxygen atoms in total. The molecule has 1 aliphatic rings. The molecule has 0 bridgehead atoms. The summed E-state index contributed by atoms with van der Waals surface area (Å²) in [6, 6.07) is 3.39. The SMILES string of the molecule is CN(C)C1=NS(=O)(=O)c2ncccc21. The zero-order chi connectivity index (χ0) is 10.3. The number of nitrogens with zero attached hydrogens (tertiary/aromatic N) is 3. The number of rotatable bonds is 0. The third-order valence-corrected chi connectivity index (χ3v) is 3.11. The third kappa shape index (κ3) is 1.19. The summed E-state index contributed by atoms with van der Waals surface area (Å²) < 4.78 is 26.6. The Morgan fingerprint density at radius 1 is 1.36 bits per heavy atom. The van der Waals surface area contributed by atoms with Gasteiger partial charge in [-0.25, -0.2) is 4.98 Å². The van der Waals surface area contributed by atoms with Crippen molar-refractivity contribution in [3.8, 4) is 0 Å². The van der Waals surface area contributed by atoms with E-state index in [0.29, 0.717) is 11.4 Å². The van der Waals surface area contributed by atoms with Gasteiger partial charge in [-0.05, 0) is 12.1 Å². The van der Waals surface area contributed by atoms with Gasteiger partial charge < -0.3 is 4.90 Å². The van der Waals surface area contributed by atoms with Gasteiger partial charge in [0.15, 0.2) is 10.9 Å². The quantitative estimate of drug-likeness (QED) is 0.610. The Kier molecular flexibility index (Phi) is 1.81. The number of hydrogen-bond acceptors (Lipinski definition) is 4. The van der Waals surface area contributed by atoms with Crippen molar-refractivity contribution in [2.75, 3.05) is 14.1 Å². The Morgan fingerprint density at radius 2 is 2.07 bits per heavy atom. The van der Waals surface area contributed by atoms with Crippen molar-refractivity contribution >= 4 is 15.9 Å². The maximum absolute atomic E-state index is 11.5. The molecule has 0 saturated carbocycles. The summed E-state index contributed by atoms with van der Waals surface area (Å²) in [4.78, 5) is 5.47. The zero-order valence-electron chi connectivity index (χ0n) is 7.80. The van der Waals surface area contributed by atoms with Gasteiger partial charge in [-0.1, -0.05) is 0 Å². The lowest BCUT2D eigenvalue weighted by Crippen LogP contribution is -2.21. The highest BCUT2D eigenvalue weighted by atomic mass is 32.2. The van der Waals surface area contributed by atoms with Crippen LogP contribution in [0.25, 0.3) is 0 Å². The fraction of sp³-hybridized carbons (Fsp3) is 0.250. The standard InChI is InChI=1S/C8H9N3O2S/c1-11(2)7-6-4-3-5-9-8(6)14(12,13)10-7/h3-5H,1-2H3. The maximum atomic E-state index is 11.5. The molecule has 1 aromatic heterocycles. The largest absolute Gasteiger partial charge is 0.361 e. The van der Waals surface area contributed by atoms with Crippen LogP contribution in [0.3, 0.4) is 0 Å². The maximum Gasteiger partial charge on any atom is 0.302 e. The van der Waals surface area contributed by atoms with Crippen molar-refractivity contribution in [1.29, 1.82) is 0 Å². The highest BCUT2D eigenvalue weighted by molar-refractivity contribution is 7.90. The lowest BCUT2D eigenvalue weighted by atomic mass is 10.2. The van der Waals surface area contributed by atoms with Crippen molar-refractivity contribution in [2.24, 2.45) is 4.40 Å². The second kappa shape index (κ2) is 2.78. The first kappa shape index (κ1) is 9.14. The normalized spacial score (nSPS) is 17.4. The minimum absolute atomic E-state index is 0.0451. The molecular weight excluding hydrogens is 202 g/mol. The van der Waals surface area contributed by atoms with E-state index in [1.165, 1.54) is 6.20 Å². The fourth-order valence-corrected chi connectivity index (χ4v) is 2.50. The molecule has 2 rings (SSSR count). The van der Waals surface area contributed by atoms with Crippen LogP contribution in [0.1, 0.15) is 5.56 Å². The monoisotopic (exact) mass is 211 g/mol. The van der Waals surface area contributed by atoms with Crippen LogP contribution >= 0.6 is 0 Å². The summed E-state index contributed by atoms with van der Waals surface area (Å²) in [5.74, 6) is 0.438. The Hall–Kier alpha value is -1.43. The first-order chi connectivity index (χ1) is 6.52. The van der Waals surface area contributed by atoms with E-state index in [1.807, 2.05) is 0 Å². The van der Waals surface area contributed by atoms with Gasteiger partial charge in [-0.15, -0.1) is 4.40 Å². The first-order valence-electron chi connectivity index (χ1n) is 4.00. The average Bonchev–Trinajstić information content (AvgIpc) is 2.40. The summed E-state index contributed by atoms with van der Waals surface area (Å²) in [5, 5.41) is 0.0451.